The number of ether oxygens (including phenoxy) is 1. The molecule has 2 heterocycles. The third-order valence-electron chi connectivity index (χ3n) is 3.53. The number of likely N-dealkylation sites (tertiary alicyclic amines) is 1. The number of carboxylic acid groups (broad SMARTS) is 1. The van der Waals surface area contributed by atoms with E-state index in [4.69, 9.17) is 9.84 Å². The predicted molar refractivity (Wildman–Crippen MR) is 67.0 cm³/mol. The Hall–Kier alpha value is -2.11. The Kier molecular flexibility index (Phi) is 3.69. The van der Waals surface area contributed by atoms with E-state index in [9.17, 15) is 9.59 Å². The number of methoxy groups -OCH3 is 1. The number of pyridine rings is 1. The summed E-state index contributed by atoms with van der Waals surface area (Å²) in [5, 5.41) is 9.08. The second-order valence-corrected chi connectivity index (χ2v) is 4.53. The van der Waals surface area contributed by atoms with Crippen LogP contribution < -0.4 is 4.74 Å². The predicted octanol–water partition coefficient (Wildman–Crippen LogP) is 1.03. The molecule has 0 bridgehead atoms. The van der Waals surface area contributed by atoms with Crippen molar-refractivity contribution in [3.63, 3.8) is 0 Å². The van der Waals surface area contributed by atoms with Crippen molar-refractivity contribution in [2.75, 3.05) is 13.7 Å². The number of aromatic nitrogens is 1. The zero-order valence-electron chi connectivity index (χ0n) is 10.9. The van der Waals surface area contributed by atoms with E-state index in [-0.39, 0.29) is 17.8 Å². The van der Waals surface area contributed by atoms with Crippen LogP contribution in [0, 0.1) is 5.92 Å². The second kappa shape index (κ2) is 5.26. The molecule has 1 saturated heterocycles. The van der Waals surface area contributed by atoms with Crippen LogP contribution in [0.4, 0.5) is 0 Å². The molecule has 0 aromatic carbocycles. The molecule has 0 spiro atoms. The van der Waals surface area contributed by atoms with E-state index in [1.165, 1.54) is 7.11 Å². The number of aliphatic carboxylic acids is 1. The average molecular weight is 264 g/mol. The summed E-state index contributed by atoms with van der Waals surface area (Å²) in [7, 11) is 1.45. The first-order chi connectivity index (χ1) is 9.06. The van der Waals surface area contributed by atoms with Crippen LogP contribution in [0.25, 0.3) is 0 Å². The van der Waals surface area contributed by atoms with Crippen molar-refractivity contribution in [1.82, 2.24) is 9.88 Å². The number of carboxylic acids is 1. The monoisotopic (exact) mass is 264 g/mol. The smallest absolute Gasteiger partial charge is 0.308 e. The van der Waals surface area contributed by atoms with Gasteiger partial charge in [-0.15, -0.1) is 0 Å². The summed E-state index contributed by atoms with van der Waals surface area (Å²) in [4.78, 5) is 29.0. The molecule has 1 aromatic rings. The fourth-order valence-corrected chi connectivity index (χ4v) is 2.43. The number of hydrogen-bond donors (Lipinski definition) is 1. The van der Waals surface area contributed by atoms with Crippen LogP contribution in [-0.2, 0) is 4.79 Å². The number of nitrogens with zero attached hydrogens (tertiary/aromatic N) is 2. The van der Waals surface area contributed by atoms with Gasteiger partial charge in [0.25, 0.3) is 5.91 Å². The molecule has 2 unspecified atom stereocenters. The highest BCUT2D eigenvalue weighted by Gasteiger charge is 2.39. The Morgan fingerprint density at radius 3 is 2.84 bits per heavy atom. The van der Waals surface area contributed by atoms with Crippen LogP contribution in [0.15, 0.2) is 18.3 Å². The topological polar surface area (TPSA) is 79.7 Å². The second-order valence-electron chi connectivity index (χ2n) is 4.53. The molecule has 19 heavy (non-hydrogen) atoms. The Morgan fingerprint density at radius 2 is 2.26 bits per heavy atom. The summed E-state index contributed by atoms with van der Waals surface area (Å²) in [6.45, 7) is 2.20. The quantitative estimate of drug-likeness (QED) is 0.881. The summed E-state index contributed by atoms with van der Waals surface area (Å²) in [6.07, 6.45) is 2.02. The van der Waals surface area contributed by atoms with E-state index in [0.717, 1.165) is 0 Å². The van der Waals surface area contributed by atoms with Crippen LogP contribution in [0.2, 0.25) is 0 Å². The van der Waals surface area contributed by atoms with Crippen LogP contribution in [0.1, 0.15) is 23.7 Å². The van der Waals surface area contributed by atoms with Crippen molar-refractivity contribution < 1.29 is 19.4 Å². The minimum atomic E-state index is -0.860. The lowest BCUT2D eigenvalue weighted by Crippen LogP contribution is -2.37. The summed E-state index contributed by atoms with van der Waals surface area (Å²) < 4.78 is 5.06. The molecule has 102 valence electrons. The summed E-state index contributed by atoms with van der Waals surface area (Å²) in [6, 6.07) is 2.97. The van der Waals surface area contributed by atoms with Crippen LogP contribution in [0.3, 0.4) is 0 Å². The van der Waals surface area contributed by atoms with Gasteiger partial charge >= 0.3 is 5.97 Å². The van der Waals surface area contributed by atoms with Crippen molar-refractivity contribution >= 4 is 11.9 Å². The molecule has 0 aliphatic carbocycles. The maximum Gasteiger partial charge on any atom is 0.308 e. The lowest BCUT2D eigenvalue weighted by atomic mass is 10.0. The van der Waals surface area contributed by atoms with Crippen molar-refractivity contribution in [2.24, 2.45) is 5.92 Å². The van der Waals surface area contributed by atoms with Crippen LogP contribution in [-0.4, -0.2) is 46.6 Å². The maximum atomic E-state index is 12.4. The molecule has 2 atom stereocenters. The van der Waals surface area contributed by atoms with E-state index < -0.39 is 11.9 Å². The van der Waals surface area contributed by atoms with Gasteiger partial charge in [-0.05, 0) is 25.5 Å². The molecular weight excluding hydrogens is 248 g/mol. The molecule has 6 nitrogen and oxygen atoms in total. The molecule has 2 rings (SSSR count). The Balaban J connectivity index is 2.23. The number of amides is 1. The Morgan fingerprint density at radius 1 is 1.53 bits per heavy atom. The lowest BCUT2D eigenvalue weighted by Gasteiger charge is -2.23. The Bertz CT molecular complexity index is 503. The fraction of sp³-hybridized carbons (Fsp3) is 0.462. The van der Waals surface area contributed by atoms with E-state index in [0.29, 0.717) is 18.5 Å². The number of carbonyl (C=O) groups excluding carboxylic acids is 1. The van der Waals surface area contributed by atoms with Gasteiger partial charge < -0.3 is 14.7 Å². The fourth-order valence-electron chi connectivity index (χ4n) is 2.43. The van der Waals surface area contributed by atoms with Crippen LogP contribution >= 0.6 is 0 Å². The van der Waals surface area contributed by atoms with E-state index in [1.54, 1.807) is 30.2 Å². The van der Waals surface area contributed by atoms with Gasteiger partial charge in [-0.2, -0.15) is 0 Å². The molecule has 1 amide bonds. The average Bonchev–Trinajstić information content (AvgIpc) is 2.80. The largest absolute Gasteiger partial charge is 0.481 e. The number of hydrogen-bond acceptors (Lipinski definition) is 4. The van der Waals surface area contributed by atoms with Crippen molar-refractivity contribution in [2.45, 2.75) is 19.4 Å². The summed E-state index contributed by atoms with van der Waals surface area (Å²) >= 11 is 0. The molecule has 1 aliphatic rings. The van der Waals surface area contributed by atoms with Crippen LogP contribution in [0.5, 0.6) is 5.88 Å². The van der Waals surface area contributed by atoms with Gasteiger partial charge in [-0.3, -0.25) is 9.59 Å². The highest BCUT2D eigenvalue weighted by Crippen LogP contribution is 2.27. The Labute approximate surface area is 111 Å². The van der Waals surface area contributed by atoms with Gasteiger partial charge in [0, 0.05) is 18.8 Å². The minimum Gasteiger partial charge on any atom is -0.481 e. The zero-order chi connectivity index (χ0) is 14.0. The molecule has 1 N–H and O–H groups in total. The first-order valence-electron chi connectivity index (χ1n) is 6.09. The van der Waals surface area contributed by atoms with Crippen molar-refractivity contribution in [1.29, 1.82) is 0 Å². The molecule has 0 radical (unpaired) electrons. The van der Waals surface area contributed by atoms with Gasteiger partial charge in [-0.1, -0.05) is 0 Å². The third kappa shape index (κ3) is 2.38. The third-order valence-corrected chi connectivity index (χ3v) is 3.53. The molecule has 1 fully saturated rings. The summed E-state index contributed by atoms with van der Waals surface area (Å²) in [5.41, 5.74) is 0.364. The molecule has 1 aromatic heterocycles. The first-order valence-corrected chi connectivity index (χ1v) is 6.09. The highest BCUT2D eigenvalue weighted by atomic mass is 16.5. The molecular formula is C13H16N2O4. The SMILES string of the molecule is COc1ncccc1C(=O)N1CCC(C(=O)O)C1C. The standard InChI is InChI=1S/C13H16N2O4/c1-8-9(13(17)18)5-7-15(8)12(16)10-4-3-6-14-11(10)19-2/h3-4,6,8-9H,5,7H2,1-2H3,(H,17,18). The number of carbonyl (C=O) groups is 2. The lowest BCUT2D eigenvalue weighted by molar-refractivity contribution is -0.142. The highest BCUT2D eigenvalue weighted by molar-refractivity contribution is 5.97. The van der Waals surface area contributed by atoms with Gasteiger partial charge in [0.05, 0.1) is 13.0 Å². The maximum absolute atomic E-state index is 12.4. The van der Waals surface area contributed by atoms with Crippen molar-refractivity contribution in [3.05, 3.63) is 23.9 Å². The van der Waals surface area contributed by atoms with E-state index >= 15 is 0 Å². The normalized spacial score (nSPS) is 22.3. The van der Waals surface area contributed by atoms with E-state index in [2.05, 4.69) is 4.98 Å². The van der Waals surface area contributed by atoms with Gasteiger partial charge in [0.2, 0.25) is 5.88 Å². The van der Waals surface area contributed by atoms with E-state index in [1.807, 2.05) is 0 Å². The molecule has 0 saturated carbocycles. The van der Waals surface area contributed by atoms with Gasteiger partial charge in [-0.25, -0.2) is 4.98 Å². The summed E-state index contributed by atoms with van der Waals surface area (Å²) in [5.74, 6) is -1.34. The van der Waals surface area contributed by atoms with Crippen molar-refractivity contribution in [3.8, 4) is 5.88 Å². The minimum absolute atomic E-state index is 0.235. The molecule has 1 aliphatic heterocycles. The van der Waals surface area contributed by atoms with Gasteiger partial charge in [0.1, 0.15) is 5.56 Å². The van der Waals surface area contributed by atoms with Gasteiger partial charge in [0.15, 0.2) is 0 Å². The zero-order valence-corrected chi connectivity index (χ0v) is 10.9. The molecule has 6 heteroatoms. The number of rotatable bonds is 3. The first kappa shape index (κ1) is 13.3.